The van der Waals surface area contributed by atoms with Crippen molar-refractivity contribution in [1.82, 2.24) is 0 Å². The Hall–Kier alpha value is -3.40. The predicted octanol–water partition coefficient (Wildman–Crippen LogP) is 4.21. The summed E-state index contributed by atoms with van der Waals surface area (Å²) in [5.74, 6) is 0. The van der Waals surface area contributed by atoms with Gasteiger partial charge in [-0.2, -0.15) is 0 Å². The predicted molar refractivity (Wildman–Crippen MR) is 107 cm³/mol. The zero-order chi connectivity index (χ0) is 19.6. The molecule has 4 heteroatoms. The molecule has 0 atom stereocenters. The van der Waals surface area contributed by atoms with Gasteiger partial charge >= 0.3 is 0 Å². The maximum absolute atomic E-state index is 10.2. The summed E-state index contributed by atoms with van der Waals surface area (Å²) in [4.78, 5) is 20.5. The van der Waals surface area contributed by atoms with Gasteiger partial charge in [-0.3, -0.25) is 9.59 Å². The fraction of sp³-hybridized carbons (Fsp3) is 0.167. The standard InChI is InChI=1S/C24H22O4/c25-17-27-15-23-9-5-21(6-10-23)13-19-1-2-20(4-3-19)14-22-7-11-24(12-8-22)16-28-18-26/h1-12,17-18H,13-16H2. The van der Waals surface area contributed by atoms with E-state index in [9.17, 15) is 9.59 Å². The molecule has 0 heterocycles. The highest BCUT2D eigenvalue weighted by atomic mass is 16.5. The van der Waals surface area contributed by atoms with Crippen molar-refractivity contribution in [2.45, 2.75) is 26.1 Å². The molecule has 0 amide bonds. The highest BCUT2D eigenvalue weighted by Crippen LogP contribution is 2.15. The Kier molecular flexibility index (Phi) is 6.96. The molecule has 0 fully saturated rings. The average Bonchev–Trinajstić information content (AvgIpc) is 2.74. The summed E-state index contributed by atoms with van der Waals surface area (Å²) in [5, 5.41) is 0. The molecule has 3 rings (SSSR count). The molecule has 4 nitrogen and oxygen atoms in total. The zero-order valence-corrected chi connectivity index (χ0v) is 15.5. The molecular formula is C24H22O4. The van der Waals surface area contributed by atoms with Gasteiger partial charge < -0.3 is 9.47 Å². The van der Waals surface area contributed by atoms with Crippen molar-refractivity contribution >= 4 is 12.9 Å². The van der Waals surface area contributed by atoms with Crippen molar-refractivity contribution in [2.75, 3.05) is 0 Å². The second-order valence-corrected chi connectivity index (χ2v) is 6.62. The van der Waals surface area contributed by atoms with Crippen LogP contribution in [0.15, 0.2) is 72.8 Å². The van der Waals surface area contributed by atoms with E-state index in [1.807, 2.05) is 24.3 Å². The minimum atomic E-state index is 0.309. The molecule has 142 valence electrons. The van der Waals surface area contributed by atoms with Crippen LogP contribution in [0, 0.1) is 0 Å². The number of hydrogen-bond acceptors (Lipinski definition) is 4. The van der Waals surface area contributed by atoms with E-state index in [-0.39, 0.29) is 0 Å². The number of benzene rings is 3. The number of hydrogen-bond donors (Lipinski definition) is 0. The summed E-state index contributed by atoms with van der Waals surface area (Å²) >= 11 is 0. The molecule has 0 aromatic heterocycles. The van der Waals surface area contributed by atoms with Crippen LogP contribution in [0.1, 0.15) is 33.4 Å². The molecule has 0 bridgehead atoms. The van der Waals surface area contributed by atoms with Crippen LogP contribution in [-0.2, 0) is 45.1 Å². The molecule has 3 aromatic carbocycles. The molecule has 0 aliphatic heterocycles. The molecule has 0 unspecified atom stereocenters. The Labute approximate surface area is 164 Å². The van der Waals surface area contributed by atoms with Crippen molar-refractivity contribution in [3.05, 3.63) is 106 Å². The molecule has 0 saturated heterocycles. The van der Waals surface area contributed by atoms with Crippen LogP contribution in [0.3, 0.4) is 0 Å². The van der Waals surface area contributed by atoms with Gasteiger partial charge in [-0.15, -0.1) is 0 Å². The van der Waals surface area contributed by atoms with Crippen LogP contribution < -0.4 is 0 Å². The topological polar surface area (TPSA) is 52.6 Å². The van der Waals surface area contributed by atoms with E-state index in [1.165, 1.54) is 22.3 Å². The van der Waals surface area contributed by atoms with Gasteiger partial charge in [0, 0.05) is 0 Å². The molecule has 0 saturated carbocycles. The quantitative estimate of drug-likeness (QED) is 0.499. The number of carbonyl (C=O) groups is 2. The van der Waals surface area contributed by atoms with Crippen molar-refractivity contribution in [2.24, 2.45) is 0 Å². The Morgan fingerprint density at radius 1 is 0.464 bits per heavy atom. The van der Waals surface area contributed by atoms with Gasteiger partial charge in [-0.1, -0.05) is 72.8 Å². The monoisotopic (exact) mass is 374 g/mol. The van der Waals surface area contributed by atoms with E-state index in [0.717, 1.165) is 24.0 Å². The van der Waals surface area contributed by atoms with Gasteiger partial charge in [0.05, 0.1) is 0 Å². The molecule has 0 N–H and O–H groups in total. The highest BCUT2D eigenvalue weighted by molar-refractivity contribution is 5.38. The molecule has 0 aliphatic carbocycles. The van der Waals surface area contributed by atoms with Crippen LogP contribution in [0.4, 0.5) is 0 Å². The number of ether oxygens (including phenoxy) is 2. The lowest BCUT2D eigenvalue weighted by Gasteiger charge is -2.07. The van der Waals surface area contributed by atoms with Crippen molar-refractivity contribution < 1.29 is 19.1 Å². The van der Waals surface area contributed by atoms with Gasteiger partial charge in [0.25, 0.3) is 12.9 Å². The van der Waals surface area contributed by atoms with E-state index < -0.39 is 0 Å². The minimum Gasteiger partial charge on any atom is -0.463 e. The Morgan fingerprint density at radius 3 is 0.964 bits per heavy atom. The first kappa shape index (κ1) is 19.4. The first-order valence-corrected chi connectivity index (χ1v) is 9.11. The van der Waals surface area contributed by atoms with E-state index in [0.29, 0.717) is 26.2 Å². The third kappa shape index (κ3) is 5.81. The maximum Gasteiger partial charge on any atom is 0.293 e. The second-order valence-electron chi connectivity index (χ2n) is 6.62. The van der Waals surface area contributed by atoms with E-state index in [4.69, 9.17) is 9.47 Å². The Bertz CT molecular complexity index is 805. The molecule has 3 aromatic rings. The van der Waals surface area contributed by atoms with Gasteiger partial charge in [0.1, 0.15) is 13.2 Å². The van der Waals surface area contributed by atoms with E-state index in [1.54, 1.807) is 0 Å². The first-order chi connectivity index (χ1) is 13.8. The lowest BCUT2D eigenvalue weighted by Crippen LogP contribution is -1.94. The molecule has 0 radical (unpaired) electrons. The summed E-state index contributed by atoms with van der Waals surface area (Å²) in [7, 11) is 0. The van der Waals surface area contributed by atoms with Gasteiger partial charge in [0.15, 0.2) is 0 Å². The van der Waals surface area contributed by atoms with Crippen LogP contribution in [0.25, 0.3) is 0 Å². The Morgan fingerprint density at radius 2 is 0.714 bits per heavy atom. The van der Waals surface area contributed by atoms with Gasteiger partial charge in [-0.25, -0.2) is 0 Å². The smallest absolute Gasteiger partial charge is 0.293 e. The molecular weight excluding hydrogens is 352 g/mol. The van der Waals surface area contributed by atoms with Gasteiger partial charge in [-0.05, 0) is 46.2 Å². The Balaban J connectivity index is 1.55. The summed E-state index contributed by atoms with van der Waals surface area (Å²) in [6.07, 6.45) is 1.72. The SMILES string of the molecule is O=COCc1ccc(Cc2ccc(Cc3ccc(COC=O)cc3)cc2)cc1. The van der Waals surface area contributed by atoms with Crippen LogP contribution in [0.2, 0.25) is 0 Å². The summed E-state index contributed by atoms with van der Waals surface area (Å²) in [6, 6.07) is 24.8. The molecule has 0 aliphatic rings. The van der Waals surface area contributed by atoms with Crippen LogP contribution >= 0.6 is 0 Å². The fourth-order valence-corrected chi connectivity index (χ4v) is 3.01. The lowest BCUT2D eigenvalue weighted by molar-refractivity contribution is -0.130. The fourth-order valence-electron chi connectivity index (χ4n) is 3.01. The van der Waals surface area contributed by atoms with Crippen molar-refractivity contribution in [3.8, 4) is 0 Å². The molecule has 0 spiro atoms. The highest BCUT2D eigenvalue weighted by Gasteiger charge is 2.01. The average molecular weight is 374 g/mol. The minimum absolute atomic E-state index is 0.309. The lowest BCUT2D eigenvalue weighted by atomic mass is 9.99. The third-order valence-electron chi connectivity index (χ3n) is 4.52. The van der Waals surface area contributed by atoms with Crippen LogP contribution in [-0.4, -0.2) is 12.9 Å². The first-order valence-electron chi connectivity index (χ1n) is 9.11. The van der Waals surface area contributed by atoms with Crippen molar-refractivity contribution in [3.63, 3.8) is 0 Å². The normalized spacial score (nSPS) is 10.3. The molecule has 28 heavy (non-hydrogen) atoms. The number of carbonyl (C=O) groups excluding carboxylic acids is 2. The zero-order valence-electron chi connectivity index (χ0n) is 15.5. The number of rotatable bonds is 10. The van der Waals surface area contributed by atoms with Crippen molar-refractivity contribution in [1.29, 1.82) is 0 Å². The van der Waals surface area contributed by atoms with Gasteiger partial charge in [0.2, 0.25) is 0 Å². The maximum atomic E-state index is 10.2. The van der Waals surface area contributed by atoms with E-state index in [2.05, 4.69) is 48.5 Å². The van der Waals surface area contributed by atoms with Crippen LogP contribution in [0.5, 0.6) is 0 Å². The summed E-state index contributed by atoms with van der Waals surface area (Å²) < 4.78 is 9.53. The largest absolute Gasteiger partial charge is 0.463 e. The second kappa shape index (κ2) is 10.1. The third-order valence-corrected chi connectivity index (χ3v) is 4.52. The summed E-state index contributed by atoms with van der Waals surface area (Å²) in [5.41, 5.74) is 6.90. The van der Waals surface area contributed by atoms with E-state index >= 15 is 0 Å². The summed E-state index contributed by atoms with van der Waals surface area (Å²) in [6.45, 7) is 1.55.